The molecule has 1 atom stereocenters. The van der Waals surface area contributed by atoms with E-state index in [-0.39, 0.29) is 11.9 Å². The number of hydrogen-bond donors (Lipinski definition) is 2. The minimum Gasteiger partial charge on any atom is -0.355 e. The Morgan fingerprint density at radius 1 is 1.41 bits per heavy atom. The van der Waals surface area contributed by atoms with E-state index in [1.54, 1.807) is 12.5 Å². The molecule has 0 aliphatic heterocycles. The van der Waals surface area contributed by atoms with Gasteiger partial charge in [0.15, 0.2) is 0 Å². The minimum atomic E-state index is 0.0520. The Morgan fingerprint density at radius 3 is 2.76 bits per heavy atom. The first-order chi connectivity index (χ1) is 8.08. The average Bonchev–Trinajstić information content (AvgIpc) is 2.76. The van der Waals surface area contributed by atoms with E-state index < -0.39 is 0 Å². The third-order valence-electron chi connectivity index (χ3n) is 2.36. The van der Waals surface area contributed by atoms with Crippen LogP contribution in [0.5, 0.6) is 0 Å². The molecule has 2 N–H and O–H groups in total. The Bertz CT molecular complexity index is 321. The number of hydrogen-bond acceptors (Lipinski definition) is 3. The number of rotatable bonds is 7. The van der Waals surface area contributed by atoms with E-state index in [0.29, 0.717) is 12.5 Å². The van der Waals surface area contributed by atoms with E-state index in [1.807, 2.05) is 10.8 Å². The second-order valence-electron chi connectivity index (χ2n) is 4.74. The summed E-state index contributed by atoms with van der Waals surface area (Å²) in [6.45, 7) is 8.12. The molecule has 0 aliphatic carbocycles. The van der Waals surface area contributed by atoms with E-state index in [1.165, 1.54) is 0 Å². The van der Waals surface area contributed by atoms with Gasteiger partial charge >= 0.3 is 0 Å². The van der Waals surface area contributed by atoms with Crippen LogP contribution < -0.4 is 10.6 Å². The molecule has 0 saturated heterocycles. The zero-order chi connectivity index (χ0) is 12.7. The molecule has 0 aromatic carbocycles. The van der Waals surface area contributed by atoms with Crippen LogP contribution in [0.3, 0.4) is 0 Å². The molecule has 17 heavy (non-hydrogen) atoms. The minimum absolute atomic E-state index is 0.0520. The van der Waals surface area contributed by atoms with E-state index >= 15 is 0 Å². The molecule has 1 aromatic rings. The maximum absolute atomic E-state index is 11.5. The lowest BCUT2D eigenvalue weighted by atomic mass is 10.2. The van der Waals surface area contributed by atoms with Crippen LogP contribution in [0.25, 0.3) is 0 Å². The largest absolute Gasteiger partial charge is 0.355 e. The van der Waals surface area contributed by atoms with Gasteiger partial charge in [-0.15, -0.1) is 0 Å². The first-order valence-electron chi connectivity index (χ1n) is 6.03. The van der Waals surface area contributed by atoms with Gasteiger partial charge in [0, 0.05) is 31.5 Å². The Hall–Kier alpha value is -1.36. The van der Waals surface area contributed by atoms with Crippen LogP contribution in [0, 0.1) is 5.92 Å². The average molecular weight is 238 g/mol. The molecule has 5 nitrogen and oxygen atoms in total. The summed E-state index contributed by atoms with van der Waals surface area (Å²) in [5, 5.41) is 6.06. The third kappa shape index (κ3) is 6.06. The van der Waals surface area contributed by atoms with Crippen molar-refractivity contribution < 1.29 is 4.79 Å². The summed E-state index contributed by atoms with van der Waals surface area (Å²) in [5.41, 5.74) is 0. The quantitative estimate of drug-likeness (QED) is 0.732. The van der Waals surface area contributed by atoms with Gasteiger partial charge in [0.25, 0.3) is 0 Å². The number of carbonyl (C=O) groups is 1. The van der Waals surface area contributed by atoms with E-state index in [4.69, 9.17) is 0 Å². The number of aromatic nitrogens is 2. The molecule has 0 spiro atoms. The second-order valence-corrected chi connectivity index (χ2v) is 4.74. The van der Waals surface area contributed by atoms with Crippen LogP contribution in [0.15, 0.2) is 18.7 Å². The van der Waals surface area contributed by atoms with Crippen molar-refractivity contribution in [3.8, 4) is 0 Å². The Kier molecular flexibility index (Phi) is 5.69. The summed E-state index contributed by atoms with van der Waals surface area (Å²) in [6, 6.07) is 0.244. The highest BCUT2D eigenvalue weighted by Gasteiger charge is 2.06. The lowest BCUT2D eigenvalue weighted by Gasteiger charge is -2.14. The van der Waals surface area contributed by atoms with Crippen LogP contribution in [-0.4, -0.2) is 34.6 Å². The monoisotopic (exact) mass is 238 g/mol. The Balaban J connectivity index is 2.15. The lowest BCUT2D eigenvalue weighted by molar-refractivity contribution is -0.120. The highest BCUT2D eigenvalue weighted by molar-refractivity contribution is 5.77. The zero-order valence-corrected chi connectivity index (χ0v) is 10.8. The number of amides is 1. The Labute approximate surface area is 103 Å². The molecule has 0 radical (unpaired) electrons. The number of nitrogens with one attached hydrogen (secondary N) is 2. The first-order valence-corrected chi connectivity index (χ1v) is 6.03. The van der Waals surface area contributed by atoms with Crippen molar-refractivity contribution in [2.24, 2.45) is 5.92 Å². The van der Waals surface area contributed by atoms with Gasteiger partial charge in [-0.2, -0.15) is 0 Å². The zero-order valence-electron chi connectivity index (χ0n) is 10.8. The van der Waals surface area contributed by atoms with Crippen molar-refractivity contribution in [3.05, 3.63) is 18.7 Å². The second kappa shape index (κ2) is 7.06. The van der Waals surface area contributed by atoms with E-state index in [2.05, 4.69) is 36.4 Å². The molecule has 96 valence electrons. The van der Waals surface area contributed by atoms with Crippen LogP contribution in [-0.2, 0) is 11.3 Å². The van der Waals surface area contributed by atoms with Crippen LogP contribution in [0.2, 0.25) is 0 Å². The summed E-state index contributed by atoms with van der Waals surface area (Å²) in [7, 11) is 0. The molecule has 1 aromatic heterocycles. The molecular weight excluding hydrogens is 216 g/mol. The van der Waals surface area contributed by atoms with Gasteiger partial charge in [0.1, 0.15) is 0 Å². The van der Waals surface area contributed by atoms with Crippen molar-refractivity contribution in [3.63, 3.8) is 0 Å². The van der Waals surface area contributed by atoms with Crippen molar-refractivity contribution in [1.82, 2.24) is 20.2 Å². The first kappa shape index (κ1) is 13.7. The van der Waals surface area contributed by atoms with Crippen molar-refractivity contribution in [1.29, 1.82) is 0 Å². The SMILES string of the molecule is CC(C)CNC(=O)CNC(C)Cn1ccnc1. The molecule has 1 unspecified atom stereocenters. The van der Waals surface area contributed by atoms with Crippen LogP contribution >= 0.6 is 0 Å². The molecule has 0 saturated carbocycles. The maximum atomic E-state index is 11.5. The fraction of sp³-hybridized carbons (Fsp3) is 0.667. The number of nitrogens with zero attached hydrogens (tertiary/aromatic N) is 2. The van der Waals surface area contributed by atoms with Crippen LogP contribution in [0.1, 0.15) is 20.8 Å². The van der Waals surface area contributed by atoms with Crippen molar-refractivity contribution >= 4 is 5.91 Å². The molecular formula is C12H22N4O. The fourth-order valence-corrected chi connectivity index (χ4v) is 1.42. The Morgan fingerprint density at radius 2 is 2.18 bits per heavy atom. The predicted molar refractivity (Wildman–Crippen MR) is 67.5 cm³/mol. The predicted octanol–water partition coefficient (Wildman–Crippen LogP) is 0.633. The molecule has 0 aliphatic rings. The smallest absolute Gasteiger partial charge is 0.233 e. The van der Waals surface area contributed by atoms with Gasteiger partial charge in [0.2, 0.25) is 5.91 Å². The standard InChI is InChI=1S/C12H22N4O/c1-10(2)6-15-12(17)7-14-11(3)8-16-5-4-13-9-16/h4-5,9-11,14H,6-8H2,1-3H3,(H,15,17). The van der Waals surface area contributed by atoms with E-state index in [0.717, 1.165) is 13.1 Å². The highest BCUT2D eigenvalue weighted by Crippen LogP contribution is 1.91. The van der Waals surface area contributed by atoms with Gasteiger partial charge in [-0.3, -0.25) is 4.79 Å². The maximum Gasteiger partial charge on any atom is 0.233 e. The molecule has 0 fully saturated rings. The van der Waals surface area contributed by atoms with Gasteiger partial charge in [-0.25, -0.2) is 4.98 Å². The van der Waals surface area contributed by atoms with Crippen LogP contribution in [0.4, 0.5) is 0 Å². The molecule has 1 heterocycles. The number of imidazole rings is 1. The molecule has 0 bridgehead atoms. The van der Waals surface area contributed by atoms with Gasteiger partial charge in [0.05, 0.1) is 12.9 Å². The topological polar surface area (TPSA) is 59.0 Å². The molecule has 1 rings (SSSR count). The highest BCUT2D eigenvalue weighted by atomic mass is 16.1. The van der Waals surface area contributed by atoms with Crippen molar-refractivity contribution in [2.45, 2.75) is 33.4 Å². The van der Waals surface area contributed by atoms with Crippen molar-refractivity contribution in [2.75, 3.05) is 13.1 Å². The van der Waals surface area contributed by atoms with Gasteiger partial charge < -0.3 is 15.2 Å². The molecule has 5 heteroatoms. The summed E-state index contributed by atoms with van der Waals surface area (Å²) < 4.78 is 1.99. The summed E-state index contributed by atoms with van der Waals surface area (Å²) in [5.74, 6) is 0.540. The summed E-state index contributed by atoms with van der Waals surface area (Å²) >= 11 is 0. The van der Waals surface area contributed by atoms with Gasteiger partial charge in [-0.05, 0) is 12.8 Å². The molecule has 1 amide bonds. The van der Waals surface area contributed by atoms with E-state index in [9.17, 15) is 4.79 Å². The lowest BCUT2D eigenvalue weighted by Crippen LogP contribution is -2.40. The normalized spacial score (nSPS) is 12.7. The number of carbonyl (C=O) groups excluding carboxylic acids is 1. The van der Waals surface area contributed by atoms with Gasteiger partial charge in [-0.1, -0.05) is 13.8 Å². The summed E-state index contributed by atoms with van der Waals surface area (Å²) in [6.07, 6.45) is 5.44. The summed E-state index contributed by atoms with van der Waals surface area (Å²) in [4.78, 5) is 15.4. The third-order valence-corrected chi connectivity index (χ3v) is 2.36. The fourth-order valence-electron chi connectivity index (χ4n) is 1.42.